The molecule has 1 aliphatic heterocycles. The first-order valence-electron chi connectivity index (χ1n) is 11.4. The van der Waals surface area contributed by atoms with Gasteiger partial charge in [-0.15, -0.1) is 11.8 Å². The van der Waals surface area contributed by atoms with Crippen LogP contribution in [0.1, 0.15) is 24.8 Å². The summed E-state index contributed by atoms with van der Waals surface area (Å²) < 4.78 is 6.58. The smallest absolute Gasteiger partial charge is 0.228 e. The first-order chi connectivity index (χ1) is 16.1. The standard InChI is InChI=1S/C25H30ClN3O2S2/c1-19-5-2-6-22-24(19)27-25(33-22)29(13-4-12-28-14-16-31-17-15-28)23(30)7-3-18-32-21-10-8-20(26)9-11-21/h2,5-6,8-11H,3-4,7,12-18H2,1H3. The van der Waals surface area contributed by atoms with Crippen LogP contribution in [0.4, 0.5) is 5.13 Å². The number of thiazole rings is 1. The molecule has 1 fully saturated rings. The third-order valence-electron chi connectivity index (χ3n) is 5.72. The molecule has 0 bridgehead atoms. The van der Waals surface area contributed by atoms with Gasteiger partial charge in [-0.2, -0.15) is 0 Å². The van der Waals surface area contributed by atoms with Crippen molar-refractivity contribution < 1.29 is 9.53 Å². The van der Waals surface area contributed by atoms with Crippen LogP contribution in [0.3, 0.4) is 0 Å². The largest absolute Gasteiger partial charge is 0.379 e. The van der Waals surface area contributed by atoms with E-state index in [2.05, 4.69) is 30.0 Å². The Hall–Kier alpha value is -1.64. The minimum Gasteiger partial charge on any atom is -0.379 e. The van der Waals surface area contributed by atoms with Crippen molar-refractivity contribution in [2.75, 3.05) is 50.0 Å². The van der Waals surface area contributed by atoms with E-state index in [1.54, 1.807) is 23.1 Å². The fraction of sp³-hybridized carbons (Fsp3) is 0.440. The maximum absolute atomic E-state index is 13.3. The number of carbonyl (C=O) groups is 1. The number of fused-ring (bicyclic) bond motifs is 1. The lowest BCUT2D eigenvalue weighted by Gasteiger charge is -2.27. The van der Waals surface area contributed by atoms with E-state index >= 15 is 0 Å². The van der Waals surface area contributed by atoms with Crippen LogP contribution in [-0.4, -0.2) is 60.9 Å². The van der Waals surface area contributed by atoms with Crippen LogP contribution in [0, 0.1) is 6.92 Å². The Morgan fingerprint density at radius 1 is 1.18 bits per heavy atom. The van der Waals surface area contributed by atoms with Crippen LogP contribution in [0.25, 0.3) is 10.2 Å². The van der Waals surface area contributed by atoms with E-state index in [-0.39, 0.29) is 5.91 Å². The molecule has 0 saturated carbocycles. The Kier molecular flexibility index (Phi) is 9.03. The SMILES string of the molecule is Cc1cccc2sc(N(CCCN3CCOCC3)C(=O)CCCSc3ccc(Cl)cc3)nc12. The summed E-state index contributed by atoms with van der Waals surface area (Å²) in [5.74, 6) is 1.05. The Morgan fingerprint density at radius 3 is 2.73 bits per heavy atom. The zero-order valence-electron chi connectivity index (χ0n) is 19.0. The molecule has 2 aromatic carbocycles. The van der Waals surface area contributed by atoms with Crippen LogP contribution in [-0.2, 0) is 9.53 Å². The summed E-state index contributed by atoms with van der Waals surface area (Å²) in [4.78, 5) is 23.6. The molecule has 1 amide bonds. The number of anilines is 1. The van der Waals surface area contributed by atoms with Crippen molar-refractivity contribution in [1.82, 2.24) is 9.88 Å². The number of amides is 1. The summed E-state index contributed by atoms with van der Waals surface area (Å²) in [6.45, 7) is 7.27. The van der Waals surface area contributed by atoms with Gasteiger partial charge in [-0.3, -0.25) is 14.6 Å². The molecule has 5 nitrogen and oxygen atoms in total. The minimum absolute atomic E-state index is 0.158. The van der Waals surface area contributed by atoms with E-state index < -0.39 is 0 Å². The Balaban J connectivity index is 1.37. The molecule has 1 aliphatic rings. The topological polar surface area (TPSA) is 45.7 Å². The fourth-order valence-corrected chi connectivity index (χ4v) is 5.94. The van der Waals surface area contributed by atoms with E-state index in [0.29, 0.717) is 13.0 Å². The minimum atomic E-state index is 0.158. The number of aryl methyl sites for hydroxylation is 1. The molecular weight excluding hydrogens is 474 g/mol. The number of para-hydroxylation sites is 1. The predicted molar refractivity (Wildman–Crippen MR) is 140 cm³/mol. The average Bonchev–Trinajstić information content (AvgIpc) is 3.26. The van der Waals surface area contributed by atoms with Gasteiger partial charge in [0.25, 0.3) is 0 Å². The number of carbonyl (C=O) groups excluding carboxylic acids is 1. The van der Waals surface area contributed by atoms with E-state index in [9.17, 15) is 4.79 Å². The number of hydrogen-bond donors (Lipinski definition) is 0. The summed E-state index contributed by atoms with van der Waals surface area (Å²) in [6, 6.07) is 14.1. The van der Waals surface area contributed by atoms with Crippen molar-refractivity contribution in [2.24, 2.45) is 0 Å². The highest BCUT2D eigenvalue weighted by Crippen LogP contribution is 2.31. The number of rotatable bonds is 10. The maximum Gasteiger partial charge on any atom is 0.228 e. The van der Waals surface area contributed by atoms with Gasteiger partial charge in [-0.1, -0.05) is 35.1 Å². The van der Waals surface area contributed by atoms with Crippen molar-refractivity contribution >= 4 is 56.0 Å². The molecule has 0 radical (unpaired) electrons. The molecule has 0 atom stereocenters. The number of morpholine rings is 1. The summed E-state index contributed by atoms with van der Waals surface area (Å²) in [5, 5.41) is 1.56. The van der Waals surface area contributed by atoms with Crippen LogP contribution in [0.2, 0.25) is 5.02 Å². The molecule has 1 aromatic heterocycles. The normalized spacial score (nSPS) is 14.6. The molecular formula is C25H30ClN3O2S2. The molecule has 0 N–H and O–H groups in total. The lowest BCUT2D eigenvalue weighted by Crippen LogP contribution is -2.39. The summed E-state index contributed by atoms with van der Waals surface area (Å²) in [5.41, 5.74) is 2.15. The maximum atomic E-state index is 13.3. The number of thioether (sulfide) groups is 1. The van der Waals surface area contributed by atoms with Gasteiger partial charge in [0.2, 0.25) is 5.91 Å². The Bertz CT molecular complexity index is 1050. The molecule has 0 spiro atoms. The molecule has 176 valence electrons. The highest BCUT2D eigenvalue weighted by atomic mass is 35.5. The van der Waals surface area contributed by atoms with Gasteiger partial charge in [-0.25, -0.2) is 4.98 Å². The predicted octanol–water partition coefficient (Wildman–Crippen LogP) is 5.89. The fourth-order valence-electron chi connectivity index (χ4n) is 3.87. The second-order valence-electron chi connectivity index (χ2n) is 8.18. The number of aromatic nitrogens is 1. The van der Waals surface area contributed by atoms with Crippen LogP contribution in [0.15, 0.2) is 47.4 Å². The average molecular weight is 504 g/mol. The molecule has 1 saturated heterocycles. The van der Waals surface area contributed by atoms with Crippen LogP contribution >= 0.6 is 34.7 Å². The molecule has 8 heteroatoms. The van der Waals surface area contributed by atoms with Crippen molar-refractivity contribution in [1.29, 1.82) is 0 Å². The van der Waals surface area contributed by atoms with E-state index in [1.165, 1.54) is 4.90 Å². The molecule has 4 rings (SSSR count). The quantitative estimate of drug-likeness (QED) is 0.255. The van der Waals surface area contributed by atoms with Gasteiger partial charge in [0.1, 0.15) is 0 Å². The Labute approximate surface area is 209 Å². The van der Waals surface area contributed by atoms with Gasteiger partial charge in [0.05, 0.1) is 23.4 Å². The van der Waals surface area contributed by atoms with Gasteiger partial charge in [-0.05, 0) is 61.4 Å². The number of benzene rings is 2. The van der Waals surface area contributed by atoms with Gasteiger partial charge < -0.3 is 4.74 Å². The molecule has 3 aromatic rings. The summed E-state index contributed by atoms with van der Waals surface area (Å²) >= 11 is 9.34. The lowest BCUT2D eigenvalue weighted by atomic mass is 10.2. The number of nitrogens with zero attached hydrogens (tertiary/aromatic N) is 3. The van der Waals surface area contributed by atoms with E-state index in [4.69, 9.17) is 21.3 Å². The highest BCUT2D eigenvalue weighted by molar-refractivity contribution is 7.99. The van der Waals surface area contributed by atoms with E-state index in [0.717, 1.165) is 77.4 Å². The van der Waals surface area contributed by atoms with Gasteiger partial charge in [0.15, 0.2) is 5.13 Å². The second kappa shape index (κ2) is 12.2. The summed E-state index contributed by atoms with van der Waals surface area (Å²) in [7, 11) is 0. The monoisotopic (exact) mass is 503 g/mol. The third-order valence-corrected chi connectivity index (χ3v) is 8.11. The molecule has 0 aliphatic carbocycles. The number of ether oxygens (including phenoxy) is 1. The van der Waals surface area contributed by atoms with Crippen LogP contribution in [0.5, 0.6) is 0 Å². The van der Waals surface area contributed by atoms with Crippen LogP contribution < -0.4 is 4.90 Å². The summed E-state index contributed by atoms with van der Waals surface area (Å²) in [6.07, 6.45) is 2.28. The van der Waals surface area contributed by atoms with Crippen molar-refractivity contribution in [3.63, 3.8) is 0 Å². The van der Waals surface area contributed by atoms with Crippen molar-refractivity contribution in [3.05, 3.63) is 53.1 Å². The van der Waals surface area contributed by atoms with Crippen molar-refractivity contribution in [2.45, 2.75) is 31.1 Å². The Morgan fingerprint density at radius 2 is 1.97 bits per heavy atom. The molecule has 2 heterocycles. The first-order valence-corrected chi connectivity index (χ1v) is 13.6. The zero-order chi connectivity index (χ0) is 23.0. The van der Waals surface area contributed by atoms with Crippen molar-refractivity contribution in [3.8, 4) is 0 Å². The molecule has 0 unspecified atom stereocenters. The lowest BCUT2D eigenvalue weighted by molar-refractivity contribution is -0.118. The molecule has 33 heavy (non-hydrogen) atoms. The van der Waals surface area contributed by atoms with E-state index in [1.807, 2.05) is 29.2 Å². The highest BCUT2D eigenvalue weighted by Gasteiger charge is 2.20. The van der Waals surface area contributed by atoms with Gasteiger partial charge in [0, 0.05) is 42.5 Å². The number of hydrogen-bond acceptors (Lipinski definition) is 6. The zero-order valence-corrected chi connectivity index (χ0v) is 21.4. The number of halogens is 1. The second-order valence-corrected chi connectivity index (χ2v) is 10.8. The first kappa shape index (κ1) is 24.5. The van der Waals surface area contributed by atoms with Gasteiger partial charge >= 0.3 is 0 Å². The third kappa shape index (κ3) is 6.93.